The largest absolute Gasteiger partial charge is 0.341 e. The van der Waals surface area contributed by atoms with E-state index in [1.807, 2.05) is 0 Å². The summed E-state index contributed by atoms with van der Waals surface area (Å²) < 4.78 is 52.8. The quantitative estimate of drug-likeness (QED) is 0.856. The maximum Gasteiger partial charge on any atom is 0.341 e. The topological polar surface area (TPSA) is 99.1 Å². The van der Waals surface area contributed by atoms with Crippen LogP contribution in [0.15, 0.2) is 33.7 Å². The number of alkyl halides is 2. The van der Waals surface area contributed by atoms with Crippen LogP contribution in [-0.2, 0) is 21.8 Å². The normalized spacial score (nSPS) is 16.5. The summed E-state index contributed by atoms with van der Waals surface area (Å²) in [4.78, 5) is 3.84. The first-order chi connectivity index (χ1) is 10.8. The standard InChI is InChI=1S/C14H15F2N3O3S.ClH/c15-13(16)23(20,21)10-4-2-9(3-5-10)8-11-18-12(19-22-11)14(17)6-1-7-14;/h2-5,13H,1,6-8,17H2;1H. The molecule has 10 heteroatoms. The second kappa shape index (κ2) is 6.73. The van der Waals surface area contributed by atoms with Crippen molar-refractivity contribution in [1.82, 2.24) is 10.1 Å². The molecule has 0 atom stereocenters. The van der Waals surface area contributed by atoms with Crippen LogP contribution in [0, 0.1) is 0 Å². The molecular weight excluding hydrogens is 364 g/mol. The third kappa shape index (κ3) is 3.42. The second-order valence-electron chi connectivity index (χ2n) is 5.65. The summed E-state index contributed by atoms with van der Waals surface area (Å²) in [5.41, 5.74) is 6.26. The van der Waals surface area contributed by atoms with Crippen LogP contribution in [0.2, 0.25) is 0 Å². The number of halogens is 3. The fourth-order valence-corrected chi connectivity index (χ4v) is 3.11. The Labute approximate surface area is 143 Å². The van der Waals surface area contributed by atoms with E-state index in [1.165, 1.54) is 12.1 Å². The molecule has 1 fully saturated rings. The smallest absolute Gasteiger partial charge is 0.339 e. The minimum absolute atomic E-state index is 0. The van der Waals surface area contributed by atoms with Gasteiger partial charge >= 0.3 is 5.76 Å². The zero-order valence-electron chi connectivity index (χ0n) is 12.5. The van der Waals surface area contributed by atoms with E-state index < -0.39 is 26.0 Å². The van der Waals surface area contributed by atoms with Gasteiger partial charge in [0.05, 0.1) is 16.9 Å². The van der Waals surface area contributed by atoms with Crippen molar-refractivity contribution < 1.29 is 21.7 Å². The summed E-state index contributed by atoms with van der Waals surface area (Å²) in [6.07, 6.45) is 2.93. The Hall–Kier alpha value is -1.58. The fourth-order valence-electron chi connectivity index (χ4n) is 2.38. The fraction of sp³-hybridized carbons (Fsp3) is 0.429. The molecular formula is C14H16ClF2N3O3S. The van der Waals surface area contributed by atoms with Gasteiger partial charge in [0, 0.05) is 0 Å². The van der Waals surface area contributed by atoms with E-state index in [4.69, 9.17) is 10.3 Å². The molecule has 1 aliphatic carbocycles. The molecule has 6 nitrogen and oxygen atoms in total. The van der Waals surface area contributed by atoms with Gasteiger partial charge in [-0.15, -0.1) is 12.4 Å². The lowest BCUT2D eigenvalue weighted by Gasteiger charge is -2.34. The Balaban J connectivity index is 0.00000208. The average Bonchev–Trinajstić information content (AvgIpc) is 2.94. The van der Waals surface area contributed by atoms with Gasteiger partial charge < -0.3 is 10.3 Å². The van der Waals surface area contributed by atoms with Crippen LogP contribution in [0.3, 0.4) is 0 Å². The molecule has 24 heavy (non-hydrogen) atoms. The lowest BCUT2D eigenvalue weighted by molar-refractivity contribution is 0.229. The molecule has 1 heterocycles. The minimum Gasteiger partial charge on any atom is -0.339 e. The average molecular weight is 380 g/mol. The van der Waals surface area contributed by atoms with Gasteiger partial charge in [0.1, 0.15) is 0 Å². The van der Waals surface area contributed by atoms with E-state index in [1.54, 1.807) is 0 Å². The molecule has 1 aromatic heterocycles. The van der Waals surface area contributed by atoms with E-state index in [0.29, 0.717) is 17.3 Å². The minimum atomic E-state index is -4.58. The van der Waals surface area contributed by atoms with Crippen LogP contribution in [0.5, 0.6) is 0 Å². The van der Waals surface area contributed by atoms with Gasteiger partial charge in [-0.1, -0.05) is 17.3 Å². The molecule has 132 valence electrons. The van der Waals surface area contributed by atoms with Crippen molar-refractivity contribution >= 4 is 22.2 Å². The highest BCUT2D eigenvalue weighted by atomic mass is 35.5. The van der Waals surface area contributed by atoms with Gasteiger partial charge in [-0.3, -0.25) is 0 Å². The summed E-state index contributed by atoms with van der Waals surface area (Å²) in [6, 6.07) is 5.18. The lowest BCUT2D eigenvalue weighted by atomic mass is 9.77. The summed E-state index contributed by atoms with van der Waals surface area (Å²) in [5.74, 6) is -2.62. The highest BCUT2D eigenvalue weighted by Gasteiger charge is 2.38. The number of hydrogen-bond acceptors (Lipinski definition) is 6. The van der Waals surface area contributed by atoms with Gasteiger partial charge in [0.2, 0.25) is 15.7 Å². The van der Waals surface area contributed by atoms with Gasteiger partial charge in [-0.05, 0) is 37.0 Å². The number of nitrogens with two attached hydrogens (primary N) is 1. The number of aromatic nitrogens is 2. The van der Waals surface area contributed by atoms with Crippen LogP contribution >= 0.6 is 12.4 Å². The molecule has 0 spiro atoms. The summed E-state index contributed by atoms with van der Waals surface area (Å²) in [6.45, 7) is 0. The van der Waals surface area contributed by atoms with Crippen molar-refractivity contribution in [2.24, 2.45) is 5.73 Å². The Bertz CT molecular complexity index is 805. The molecule has 2 N–H and O–H groups in total. The van der Waals surface area contributed by atoms with E-state index in [0.717, 1.165) is 31.4 Å². The molecule has 3 rings (SSSR count). The third-order valence-electron chi connectivity index (χ3n) is 4.00. The predicted octanol–water partition coefficient (Wildman–Crippen LogP) is 2.42. The molecule has 1 aliphatic rings. The molecule has 1 saturated carbocycles. The van der Waals surface area contributed by atoms with Crippen molar-refractivity contribution in [2.45, 2.75) is 41.9 Å². The third-order valence-corrected chi connectivity index (χ3v) is 5.40. The van der Waals surface area contributed by atoms with Gasteiger partial charge in [0.25, 0.3) is 0 Å². The Morgan fingerprint density at radius 1 is 1.25 bits per heavy atom. The molecule has 1 aromatic carbocycles. The van der Waals surface area contributed by atoms with Crippen molar-refractivity contribution in [3.8, 4) is 0 Å². The Kier molecular flexibility index (Phi) is 5.26. The predicted molar refractivity (Wildman–Crippen MR) is 83.7 cm³/mol. The van der Waals surface area contributed by atoms with Crippen LogP contribution in [0.25, 0.3) is 0 Å². The molecule has 0 unspecified atom stereocenters. The van der Waals surface area contributed by atoms with Crippen LogP contribution < -0.4 is 5.73 Å². The molecule has 2 aromatic rings. The monoisotopic (exact) mass is 379 g/mol. The zero-order chi connectivity index (χ0) is 16.7. The first kappa shape index (κ1) is 18.8. The number of hydrogen-bond donors (Lipinski definition) is 1. The number of sulfone groups is 1. The lowest BCUT2D eigenvalue weighted by Crippen LogP contribution is -2.44. The summed E-state index contributed by atoms with van der Waals surface area (Å²) in [7, 11) is -4.58. The van der Waals surface area contributed by atoms with Crippen molar-refractivity contribution in [3.05, 3.63) is 41.5 Å². The molecule has 0 bridgehead atoms. The molecule has 0 aliphatic heterocycles. The van der Waals surface area contributed by atoms with E-state index >= 15 is 0 Å². The van der Waals surface area contributed by atoms with E-state index in [9.17, 15) is 17.2 Å². The van der Waals surface area contributed by atoms with E-state index in [-0.39, 0.29) is 18.8 Å². The van der Waals surface area contributed by atoms with Crippen molar-refractivity contribution in [3.63, 3.8) is 0 Å². The highest BCUT2D eigenvalue weighted by molar-refractivity contribution is 7.91. The van der Waals surface area contributed by atoms with Gasteiger partial charge in [0.15, 0.2) is 5.82 Å². The SMILES string of the molecule is Cl.NC1(c2noc(Cc3ccc(S(=O)(=O)C(F)F)cc3)n2)CCC1. The molecule has 0 amide bonds. The molecule has 0 radical (unpaired) electrons. The summed E-state index contributed by atoms with van der Waals surface area (Å²) >= 11 is 0. The zero-order valence-corrected chi connectivity index (χ0v) is 14.1. The summed E-state index contributed by atoms with van der Waals surface area (Å²) in [5, 5.41) is 3.88. The number of nitrogens with zero attached hydrogens (tertiary/aromatic N) is 2. The van der Waals surface area contributed by atoms with Crippen LogP contribution in [0.4, 0.5) is 8.78 Å². The maximum absolute atomic E-state index is 12.5. The maximum atomic E-state index is 12.5. The van der Waals surface area contributed by atoms with E-state index in [2.05, 4.69) is 10.1 Å². The Morgan fingerprint density at radius 3 is 2.38 bits per heavy atom. The van der Waals surface area contributed by atoms with Crippen molar-refractivity contribution in [1.29, 1.82) is 0 Å². The number of rotatable bonds is 5. The van der Waals surface area contributed by atoms with Gasteiger partial charge in [-0.2, -0.15) is 13.8 Å². The first-order valence-corrected chi connectivity index (χ1v) is 8.59. The van der Waals surface area contributed by atoms with Crippen molar-refractivity contribution in [2.75, 3.05) is 0 Å². The molecule has 0 saturated heterocycles. The first-order valence-electron chi connectivity index (χ1n) is 7.04. The van der Waals surface area contributed by atoms with Gasteiger partial charge in [-0.25, -0.2) is 8.42 Å². The number of benzene rings is 1. The van der Waals surface area contributed by atoms with Crippen LogP contribution in [0.1, 0.15) is 36.5 Å². The van der Waals surface area contributed by atoms with Crippen LogP contribution in [-0.4, -0.2) is 24.3 Å². The highest BCUT2D eigenvalue weighted by Crippen LogP contribution is 2.36. The Morgan fingerprint density at radius 2 is 1.88 bits per heavy atom. The second-order valence-corrected chi connectivity index (χ2v) is 7.57.